The maximum absolute atomic E-state index is 12.8. The van der Waals surface area contributed by atoms with Crippen LogP contribution >= 0.6 is 0 Å². The summed E-state index contributed by atoms with van der Waals surface area (Å²) < 4.78 is 16.8. The lowest BCUT2D eigenvalue weighted by Crippen LogP contribution is -2.30. The molecule has 0 N–H and O–H groups in total. The number of allylic oxidation sites excluding steroid dienone is 8. The van der Waals surface area contributed by atoms with Gasteiger partial charge >= 0.3 is 17.9 Å². The number of esters is 3. The third kappa shape index (κ3) is 48.4. The minimum atomic E-state index is -0.789. The maximum Gasteiger partial charge on any atom is 0.306 e. The summed E-state index contributed by atoms with van der Waals surface area (Å²) in [5, 5.41) is 0. The minimum Gasteiger partial charge on any atom is -0.462 e. The summed E-state index contributed by atoms with van der Waals surface area (Å²) in [6, 6.07) is 0. The molecule has 0 aliphatic rings. The Labute approximate surface area is 384 Å². The second kappa shape index (κ2) is 51.0. The Morgan fingerprint density at radius 3 is 0.984 bits per heavy atom. The van der Waals surface area contributed by atoms with Crippen molar-refractivity contribution in [3.63, 3.8) is 0 Å². The van der Waals surface area contributed by atoms with Gasteiger partial charge in [-0.3, -0.25) is 14.4 Å². The largest absolute Gasteiger partial charge is 0.462 e. The van der Waals surface area contributed by atoms with Gasteiger partial charge in [0, 0.05) is 19.3 Å². The monoisotopic (exact) mass is 869 g/mol. The molecule has 0 fully saturated rings. The number of unbranched alkanes of at least 4 members (excludes halogenated alkanes) is 29. The van der Waals surface area contributed by atoms with Gasteiger partial charge in [0.1, 0.15) is 13.2 Å². The van der Waals surface area contributed by atoms with E-state index in [1.54, 1.807) is 0 Å². The van der Waals surface area contributed by atoms with Gasteiger partial charge in [-0.2, -0.15) is 0 Å². The van der Waals surface area contributed by atoms with Gasteiger partial charge in [-0.25, -0.2) is 0 Å². The van der Waals surface area contributed by atoms with E-state index in [9.17, 15) is 14.4 Å². The Kier molecular flexibility index (Phi) is 48.8. The van der Waals surface area contributed by atoms with E-state index in [0.717, 1.165) is 77.0 Å². The summed E-state index contributed by atoms with van der Waals surface area (Å²) in [7, 11) is 0. The molecule has 0 spiro atoms. The van der Waals surface area contributed by atoms with Gasteiger partial charge in [0.25, 0.3) is 0 Å². The third-order valence-corrected chi connectivity index (χ3v) is 11.6. The van der Waals surface area contributed by atoms with Gasteiger partial charge in [-0.15, -0.1) is 0 Å². The molecule has 0 aromatic heterocycles. The van der Waals surface area contributed by atoms with Crippen molar-refractivity contribution in [2.24, 2.45) is 0 Å². The van der Waals surface area contributed by atoms with E-state index >= 15 is 0 Å². The standard InChI is InChI=1S/C56H100O6/c1-4-7-10-13-16-19-22-24-26-27-28-29-31-32-34-37-40-43-46-49-55(58)61-52-53(51-60-54(57)48-45-42-39-36-21-18-15-12-9-6-3)62-56(59)50-47-44-41-38-35-33-30-25-23-20-17-14-11-8-5-2/h8,11,17,20,25,30,35,38,53H,4-7,9-10,12-16,18-19,21-24,26-29,31-34,36-37,39-52H2,1-3H3/b11-8-,20-17-,30-25-,38-35-. The lowest BCUT2D eigenvalue weighted by atomic mass is 10.0. The Morgan fingerprint density at radius 2 is 0.629 bits per heavy atom. The van der Waals surface area contributed by atoms with Crippen molar-refractivity contribution in [2.75, 3.05) is 13.2 Å². The molecule has 0 bridgehead atoms. The van der Waals surface area contributed by atoms with Crippen molar-refractivity contribution in [2.45, 2.75) is 277 Å². The molecule has 0 amide bonds. The highest BCUT2D eigenvalue weighted by Crippen LogP contribution is 2.16. The first-order valence-corrected chi connectivity index (χ1v) is 26.6. The second-order valence-corrected chi connectivity index (χ2v) is 17.8. The van der Waals surface area contributed by atoms with Crippen LogP contribution in [-0.2, 0) is 28.6 Å². The molecular weight excluding hydrogens is 769 g/mol. The minimum absolute atomic E-state index is 0.0861. The van der Waals surface area contributed by atoms with E-state index in [4.69, 9.17) is 14.2 Å². The highest BCUT2D eigenvalue weighted by atomic mass is 16.6. The van der Waals surface area contributed by atoms with Gasteiger partial charge in [0.2, 0.25) is 0 Å². The molecule has 0 saturated carbocycles. The lowest BCUT2D eigenvalue weighted by molar-refractivity contribution is -0.167. The predicted molar refractivity (Wildman–Crippen MR) is 265 cm³/mol. The van der Waals surface area contributed by atoms with Crippen molar-refractivity contribution < 1.29 is 28.6 Å². The average Bonchev–Trinajstić information content (AvgIpc) is 3.27. The summed E-state index contributed by atoms with van der Waals surface area (Å²) in [6.07, 6.45) is 61.1. The molecule has 1 atom stereocenters. The quantitative estimate of drug-likeness (QED) is 0.0262. The van der Waals surface area contributed by atoms with Crippen LogP contribution in [0.4, 0.5) is 0 Å². The summed E-state index contributed by atoms with van der Waals surface area (Å²) in [4.78, 5) is 37.9. The van der Waals surface area contributed by atoms with Gasteiger partial charge < -0.3 is 14.2 Å². The Morgan fingerprint density at radius 1 is 0.339 bits per heavy atom. The molecule has 0 rings (SSSR count). The average molecular weight is 869 g/mol. The first-order chi connectivity index (χ1) is 30.5. The molecule has 6 nitrogen and oxygen atoms in total. The van der Waals surface area contributed by atoms with Gasteiger partial charge in [-0.05, 0) is 57.8 Å². The smallest absolute Gasteiger partial charge is 0.306 e. The Hall–Kier alpha value is -2.63. The molecule has 0 radical (unpaired) electrons. The molecule has 0 aliphatic heterocycles. The summed E-state index contributed by atoms with van der Waals surface area (Å²) >= 11 is 0. The zero-order valence-corrected chi connectivity index (χ0v) is 41.1. The molecule has 360 valence electrons. The fourth-order valence-corrected chi connectivity index (χ4v) is 7.61. The molecule has 0 saturated heterocycles. The van der Waals surface area contributed by atoms with E-state index in [-0.39, 0.29) is 37.5 Å². The number of carbonyl (C=O) groups excluding carboxylic acids is 3. The van der Waals surface area contributed by atoms with Crippen molar-refractivity contribution >= 4 is 17.9 Å². The van der Waals surface area contributed by atoms with Crippen LogP contribution < -0.4 is 0 Å². The third-order valence-electron chi connectivity index (χ3n) is 11.6. The first-order valence-electron chi connectivity index (χ1n) is 26.6. The second-order valence-electron chi connectivity index (χ2n) is 17.8. The van der Waals surface area contributed by atoms with Crippen molar-refractivity contribution in [3.05, 3.63) is 48.6 Å². The van der Waals surface area contributed by atoms with Gasteiger partial charge in [-0.1, -0.05) is 243 Å². The van der Waals surface area contributed by atoms with E-state index in [1.165, 1.54) is 148 Å². The summed E-state index contributed by atoms with van der Waals surface area (Å²) in [5.74, 6) is -0.919. The zero-order valence-electron chi connectivity index (χ0n) is 41.1. The molecular formula is C56H100O6. The van der Waals surface area contributed by atoms with Crippen LogP contribution in [0.1, 0.15) is 271 Å². The lowest BCUT2D eigenvalue weighted by Gasteiger charge is -2.18. The fourth-order valence-electron chi connectivity index (χ4n) is 7.61. The van der Waals surface area contributed by atoms with Crippen LogP contribution in [0, 0.1) is 0 Å². The topological polar surface area (TPSA) is 78.9 Å². The number of rotatable bonds is 48. The van der Waals surface area contributed by atoms with Crippen LogP contribution in [0.2, 0.25) is 0 Å². The number of carbonyl (C=O) groups is 3. The molecule has 1 unspecified atom stereocenters. The Bertz CT molecular complexity index is 1090. The van der Waals surface area contributed by atoms with Crippen molar-refractivity contribution in [3.8, 4) is 0 Å². The predicted octanol–water partition coefficient (Wildman–Crippen LogP) is 17.5. The van der Waals surface area contributed by atoms with E-state index in [1.807, 2.05) is 0 Å². The summed E-state index contributed by atoms with van der Waals surface area (Å²) in [5.41, 5.74) is 0. The van der Waals surface area contributed by atoms with Crippen LogP contribution in [-0.4, -0.2) is 37.2 Å². The van der Waals surface area contributed by atoms with Gasteiger partial charge in [0.15, 0.2) is 6.10 Å². The van der Waals surface area contributed by atoms with Crippen LogP contribution in [0.3, 0.4) is 0 Å². The number of hydrogen-bond donors (Lipinski definition) is 0. The van der Waals surface area contributed by atoms with E-state index in [2.05, 4.69) is 69.4 Å². The molecule has 62 heavy (non-hydrogen) atoms. The molecule has 0 aromatic rings. The fraction of sp³-hybridized carbons (Fsp3) is 0.804. The number of hydrogen-bond acceptors (Lipinski definition) is 6. The van der Waals surface area contributed by atoms with Crippen LogP contribution in [0.5, 0.6) is 0 Å². The number of ether oxygens (including phenoxy) is 3. The molecule has 0 heterocycles. The normalized spacial score (nSPS) is 12.4. The molecule has 6 heteroatoms. The molecule has 0 aliphatic carbocycles. The van der Waals surface area contributed by atoms with E-state index in [0.29, 0.717) is 19.3 Å². The van der Waals surface area contributed by atoms with Crippen molar-refractivity contribution in [1.29, 1.82) is 0 Å². The Balaban J connectivity index is 4.33. The summed E-state index contributed by atoms with van der Waals surface area (Å²) in [6.45, 7) is 6.50. The SMILES string of the molecule is CC/C=C\C/C=C\C/C=C\C/C=C\CCCCC(=O)OC(COC(=O)CCCCCCCCCCCC)COC(=O)CCCCCCCCCCCCCCCCCCCCC. The first kappa shape index (κ1) is 59.4. The zero-order chi connectivity index (χ0) is 45.1. The van der Waals surface area contributed by atoms with Crippen LogP contribution in [0.25, 0.3) is 0 Å². The highest BCUT2D eigenvalue weighted by molar-refractivity contribution is 5.71. The van der Waals surface area contributed by atoms with Gasteiger partial charge in [0.05, 0.1) is 0 Å². The maximum atomic E-state index is 12.8. The highest BCUT2D eigenvalue weighted by Gasteiger charge is 2.19. The van der Waals surface area contributed by atoms with Crippen LogP contribution in [0.15, 0.2) is 48.6 Å². The molecule has 0 aromatic carbocycles. The van der Waals surface area contributed by atoms with E-state index < -0.39 is 6.10 Å². The van der Waals surface area contributed by atoms with Crippen molar-refractivity contribution in [1.82, 2.24) is 0 Å².